The van der Waals surface area contributed by atoms with E-state index in [0.29, 0.717) is 11.5 Å². The Morgan fingerprint density at radius 1 is 0.950 bits per heavy atom. The Morgan fingerprint density at radius 2 is 1.50 bits per heavy atom. The topological polar surface area (TPSA) is 12.0 Å². The summed E-state index contributed by atoms with van der Waals surface area (Å²) < 4.78 is 0. The fraction of sp³-hybridized carbons (Fsp3) is 0.684. The third-order valence-corrected chi connectivity index (χ3v) is 4.04. The highest BCUT2D eigenvalue weighted by Crippen LogP contribution is 2.25. The van der Waals surface area contributed by atoms with Gasteiger partial charge in [-0.25, -0.2) is 0 Å². The van der Waals surface area contributed by atoms with E-state index in [1.54, 1.807) is 0 Å². The lowest BCUT2D eigenvalue weighted by Crippen LogP contribution is -2.40. The molecule has 1 atom stereocenters. The smallest absolute Gasteiger partial charge is 0.0119 e. The molecular formula is C19H33N. The molecule has 0 aliphatic heterocycles. The Labute approximate surface area is 126 Å². The highest BCUT2D eigenvalue weighted by atomic mass is 14.9. The molecule has 20 heavy (non-hydrogen) atoms. The second-order valence-electron chi connectivity index (χ2n) is 7.96. The van der Waals surface area contributed by atoms with Gasteiger partial charge in [-0.3, -0.25) is 0 Å². The molecule has 0 radical (unpaired) electrons. The summed E-state index contributed by atoms with van der Waals surface area (Å²) in [4.78, 5) is 0. The van der Waals surface area contributed by atoms with E-state index < -0.39 is 0 Å². The number of nitrogens with one attached hydrogen (secondary N) is 1. The minimum atomic E-state index is 0.246. The third kappa shape index (κ3) is 5.28. The standard InChI is InChI=1S/C19H33N/c1-8-20-17(19(5,6)7)14-11-15-9-12-16(13-10-15)18(2,3)4/h9-10,12-13,17,20H,8,11,14H2,1-7H3. The number of hydrogen-bond acceptors (Lipinski definition) is 1. The monoisotopic (exact) mass is 275 g/mol. The summed E-state index contributed by atoms with van der Waals surface area (Å²) in [5.41, 5.74) is 3.43. The number of rotatable bonds is 5. The van der Waals surface area contributed by atoms with Gasteiger partial charge in [-0.05, 0) is 41.3 Å². The summed E-state index contributed by atoms with van der Waals surface area (Å²) in [5.74, 6) is 0. The molecular weight excluding hydrogens is 242 g/mol. The highest BCUT2D eigenvalue weighted by molar-refractivity contribution is 5.27. The van der Waals surface area contributed by atoms with Gasteiger partial charge in [-0.2, -0.15) is 0 Å². The summed E-state index contributed by atoms with van der Waals surface area (Å²) in [7, 11) is 0. The maximum Gasteiger partial charge on any atom is 0.0119 e. The molecule has 1 heteroatoms. The molecule has 0 spiro atoms. The fourth-order valence-electron chi connectivity index (χ4n) is 2.57. The lowest BCUT2D eigenvalue weighted by Gasteiger charge is -2.31. The lowest BCUT2D eigenvalue weighted by molar-refractivity contribution is 0.258. The van der Waals surface area contributed by atoms with Gasteiger partial charge < -0.3 is 5.32 Å². The van der Waals surface area contributed by atoms with Crippen LogP contribution in [0.1, 0.15) is 66.0 Å². The van der Waals surface area contributed by atoms with Crippen LogP contribution in [0.5, 0.6) is 0 Å². The maximum absolute atomic E-state index is 3.63. The van der Waals surface area contributed by atoms with Crippen LogP contribution in [-0.2, 0) is 11.8 Å². The first-order valence-electron chi connectivity index (χ1n) is 7.97. The van der Waals surface area contributed by atoms with Crippen molar-refractivity contribution in [3.8, 4) is 0 Å². The molecule has 0 bridgehead atoms. The van der Waals surface area contributed by atoms with E-state index in [-0.39, 0.29) is 5.41 Å². The summed E-state index contributed by atoms with van der Waals surface area (Å²) >= 11 is 0. The molecule has 0 saturated carbocycles. The second-order valence-corrected chi connectivity index (χ2v) is 7.96. The van der Waals surface area contributed by atoms with Crippen LogP contribution in [0.3, 0.4) is 0 Å². The van der Waals surface area contributed by atoms with E-state index in [2.05, 4.69) is 78.0 Å². The Hall–Kier alpha value is -0.820. The molecule has 1 aromatic carbocycles. The molecule has 1 rings (SSSR count). The van der Waals surface area contributed by atoms with Gasteiger partial charge in [0.15, 0.2) is 0 Å². The molecule has 0 fully saturated rings. The van der Waals surface area contributed by atoms with Gasteiger partial charge in [-0.15, -0.1) is 0 Å². The average Bonchev–Trinajstić information content (AvgIpc) is 2.32. The Kier molecular flexibility index (Phi) is 5.82. The number of benzene rings is 1. The van der Waals surface area contributed by atoms with Crippen molar-refractivity contribution < 1.29 is 0 Å². The van der Waals surface area contributed by atoms with Crippen LogP contribution >= 0.6 is 0 Å². The number of aryl methyl sites for hydroxylation is 1. The van der Waals surface area contributed by atoms with Crippen LogP contribution in [0.2, 0.25) is 0 Å². The van der Waals surface area contributed by atoms with Gasteiger partial charge >= 0.3 is 0 Å². The summed E-state index contributed by atoms with van der Waals surface area (Å²) in [5, 5.41) is 3.63. The van der Waals surface area contributed by atoms with Crippen molar-refractivity contribution in [3.63, 3.8) is 0 Å². The molecule has 1 nitrogen and oxygen atoms in total. The summed E-state index contributed by atoms with van der Waals surface area (Å²) in [6, 6.07) is 9.75. The third-order valence-electron chi connectivity index (χ3n) is 4.04. The molecule has 0 aromatic heterocycles. The highest BCUT2D eigenvalue weighted by Gasteiger charge is 2.23. The van der Waals surface area contributed by atoms with E-state index in [1.807, 2.05) is 0 Å². The predicted molar refractivity (Wildman–Crippen MR) is 90.4 cm³/mol. The minimum Gasteiger partial charge on any atom is -0.314 e. The molecule has 1 N–H and O–H groups in total. The first-order valence-corrected chi connectivity index (χ1v) is 7.97. The van der Waals surface area contributed by atoms with Crippen LogP contribution < -0.4 is 5.32 Å². The first kappa shape index (κ1) is 17.2. The Bertz CT molecular complexity index is 389. The molecule has 0 aliphatic rings. The molecule has 114 valence electrons. The molecule has 0 aliphatic carbocycles. The van der Waals surface area contributed by atoms with Gasteiger partial charge in [0.05, 0.1) is 0 Å². The van der Waals surface area contributed by atoms with E-state index >= 15 is 0 Å². The average molecular weight is 275 g/mol. The van der Waals surface area contributed by atoms with Crippen LogP contribution in [0.25, 0.3) is 0 Å². The van der Waals surface area contributed by atoms with Gasteiger partial charge in [0.1, 0.15) is 0 Å². The van der Waals surface area contributed by atoms with Crippen molar-refractivity contribution in [2.24, 2.45) is 5.41 Å². The van der Waals surface area contributed by atoms with Crippen molar-refractivity contribution in [1.82, 2.24) is 5.32 Å². The molecule has 0 heterocycles. The molecule has 1 unspecified atom stereocenters. The number of hydrogen-bond donors (Lipinski definition) is 1. The van der Waals surface area contributed by atoms with Crippen molar-refractivity contribution in [2.75, 3.05) is 6.54 Å². The zero-order chi connectivity index (χ0) is 15.4. The molecule has 1 aromatic rings. The zero-order valence-corrected chi connectivity index (χ0v) is 14.5. The van der Waals surface area contributed by atoms with E-state index in [9.17, 15) is 0 Å². The van der Waals surface area contributed by atoms with Crippen molar-refractivity contribution in [2.45, 2.75) is 72.8 Å². The molecule has 0 saturated heterocycles. The van der Waals surface area contributed by atoms with Crippen LogP contribution in [0, 0.1) is 5.41 Å². The van der Waals surface area contributed by atoms with E-state index in [4.69, 9.17) is 0 Å². The van der Waals surface area contributed by atoms with Gasteiger partial charge in [0.25, 0.3) is 0 Å². The SMILES string of the molecule is CCNC(CCc1ccc(C(C)(C)C)cc1)C(C)(C)C. The summed E-state index contributed by atoms with van der Waals surface area (Å²) in [6.07, 6.45) is 2.35. The van der Waals surface area contributed by atoms with Crippen LogP contribution in [-0.4, -0.2) is 12.6 Å². The van der Waals surface area contributed by atoms with Gasteiger partial charge in [-0.1, -0.05) is 72.7 Å². The van der Waals surface area contributed by atoms with Gasteiger partial charge in [0, 0.05) is 6.04 Å². The first-order chi connectivity index (χ1) is 9.14. The molecule has 0 amide bonds. The van der Waals surface area contributed by atoms with Crippen molar-refractivity contribution >= 4 is 0 Å². The van der Waals surface area contributed by atoms with E-state index in [0.717, 1.165) is 13.0 Å². The van der Waals surface area contributed by atoms with E-state index in [1.165, 1.54) is 17.5 Å². The van der Waals surface area contributed by atoms with Crippen LogP contribution in [0.4, 0.5) is 0 Å². The Balaban J connectivity index is 2.65. The van der Waals surface area contributed by atoms with Crippen molar-refractivity contribution in [3.05, 3.63) is 35.4 Å². The lowest BCUT2D eigenvalue weighted by atomic mass is 9.82. The largest absolute Gasteiger partial charge is 0.314 e. The summed E-state index contributed by atoms with van der Waals surface area (Å²) in [6.45, 7) is 17.0. The maximum atomic E-state index is 3.63. The second kappa shape index (κ2) is 6.76. The van der Waals surface area contributed by atoms with Gasteiger partial charge in [0.2, 0.25) is 0 Å². The zero-order valence-electron chi connectivity index (χ0n) is 14.5. The van der Waals surface area contributed by atoms with Crippen LogP contribution in [0.15, 0.2) is 24.3 Å². The minimum absolute atomic E-state index is 0.246. The normalized spacial score (nSPS) is 14.3. The Morgan fingerprint density at radius 3 is 1.90 bits per heavy atom. The predicted octanol–water partition coefficient (Wildman–Crippen LogP) is 4.94. The quantitative estimate of drug-likeness (QED) is 0.802. The van der Waals surface area contributed by atoms with Crippen molar-refractivity contribution in [1.29, 1.82) is 0 Å². The fourth-order valence-corrected chi connectivity index (χ4v) is 2.57.